The van der Waals surface area contributed by atoms with Gasteiger partial charge in [0.15, 0.2) is 0 Å². The van der Waals surface area contributed by atoms with E-state index in [1.54, 1.807) is 62.5 Å². The number of rotatable bonds is 29. The van der Waals surface area contributed by atoms with Gasteiger partial charge < -0.3 is 69.0 Å². The predicted octanol–water partition coefficient (Wildman–Crippen LogP) is 0.605. The van der Waals surface area contributed by atoms with Crippen molar-refractivity contribution in [3.05, 3.63) is 102 Å². The van der Waals surface area contributed by atoms with Gasteiger partial charge in [0, 0.05) is 46.9 Å². The van der Waals surface area contributed by atoms with Crippen molar-refractivity contribution in [1.29, 1.82) is 0 Å². The maximum atomic E-state index is 15.1. The molecule has 76 heavy (non-hydrogen) atoms. The molecule has 22 nitrogen and oxygen atoms in total. The molecule has 4 aromatic rings. The number of aromatic amines is 1. The lowest BCUT2D eigenvalue weighted by atomic mass is 9.89. The molecular formula is C52H70N10O12S2. The number of phenolic OH excluding ortho intramolecular Hbond substituents is 1. The van der Waals surface area contributed by atoms with Crippen LogP contribution in [0.2, 0.25) is 0 Å². The second kappa shape index (κ2) is 28.1. The van der Waals surface area contributed by atoms with Crippen LogP contribution in [0.15, 0.2) is 85.1 Å². The van der Waals surface area contributed by atoms with Crippen LogP contribution in [0.1, 0.15) is 70.6 Å². The van der Waals surface area contributed by atoms with Gasteiger partial charge in [-0.15, -0.1) is 0 Å². The molecule has 1 heterocycles. The Balaban J connectivity index is 1.73. The summed E-state index contributed by atoms with van der Waals surface area (Å²) in [7, 11) is 0. The number of nitrogens with two attached hydrogens (primary N) is 2. The molecule has 0 saturated carbocycles. The molecule has 7 amide bonds. The lowest BCUT2D eigenvalue weighted by molar-refractivity contribution is -0.143. The lowest BCUT2D eigenvalue weighted by Crippen LogP contribution is -2.66. The third kappa shape index (κ3) is 18.0. The highest BCUT2D eigenvalue weighted by molar-refractivity contribution is 7.81. The number of hydrogen-bond donors (Lipinski definition) is 15. The quantitative estimate of drug-likeness (QED) is 0.0332. The molecule has 3 aromatic carbocycles. The summed E-state index contributed by atoms with van der Waals surface area (Å²) in [6, 6.07) is 11.7. The van der Waals surface area contributed by atoms with E-state index in [0.717, 1.165) is 0 Å². The van der Waals surface area contributed by atoms with Gasteiger partial charge in [-0.3, -0.25) is 38.4 Å². The number of benzene rings is 3. The van der Waals surface area contributed by atoms with Crippen molar-refractivity contribution in [3.63, 3.8) is 0 Å². The Kier molecular flexibility index (Phi) is 22.7. The Bertz CT molecular complexity index is 2680. The summed E-state index contributed by atoms with van der Waals surface area (Å²) in [6.45, 7) is 7.72. The molecular weight excluding hydrogens is 1020 g/mol. The van der Waals surface area contributed by atoms with Crippen LogP contribution in [-0.4, -0.2) is 138 Å². The summed E-state index contributed by atoms with van der Waals surface area (Å²) in [5.74, 6) is -9.65. The van der Waals surface area contributed by atoms with Crippen LogP contribution in [0.4, 0.5) is 0 Å². The van der Waals surface area contributed by atoms with Crippen molar-refractivity contribution in [3.8, 4) is 5.75 Å². The standard InChI is InChI=1S/C52H70N10O12S2/c1-28(2)41(49(72)73)60-46(69)39(27-75)58-45(68)37(23-30-17-19-32(63)20-18-30)56-44(67)36(16-11-21-53)59-50(74)52(5,25-31-26-55-35-15-10-9-14-33(31)35)62-47(70)38(22-29-12-7-6-8-13-29)57-48(71)42(51(3,4)76)61-43(66)34(54)24-40(64)65/h6-10,12-15,17-20,26,28,34,36-39,41-42,55,63,75-76H,11,16,21-25,27,53-54H2,1-5H3,(H,56,67)(H,57,71)(H,58,68)(H,59,74)(H,60,69)(H,61,66)(H,62,70)(H,64,65)(H,72,73)/t34-,36-,37-,38-,39-,41-,42+,52-/m0/s1. The topological polar surface area (TPSA) is 366 Å². The van der Waals surface area contributed by atoms with E-state index < -0.39 is 118 Å². The summed E-state index contributed by atoms with van der Waals surface area (Å²) in [4.78, 5) is 126. The molecule has 0 aliphatic carbocycles. The number of para-hydroxylation sites is 1. The van der Waals surface area contributed by atoms with E-state index in [2.05, 4.69) is 67.5 Å². The number of nitrogens with one attached hydrogen (secondary N) is 8. The van der Waals surface area contributed by atoms with Crippen molar-refractivity contribution in [2.45, 2.75) is 126 Å². The van der Waals surface area contributed by atoms with E-state index in [1.165, 1.54) is 45.0 Å². The van der Waals surface area contributed by atoms with Crippen LogP contribution >= 0.6 is 25.3 Å². The number of amides is 7. The van der Waals surface area contributed by atoms with Gasteiger partial charge in [-0.05, 0) is 81.0 Å². The molecule has 0 aliphatic heterocycles. The number of phenols is 1. The number of carboxylic acids is 2. The highest BCUT2D eigenvalue weighted by Crippen LogP contribution is 2.25. The lowest BCUT2D eigenvalue weighted by Gasteiger charge is -2.35. The Labute approximate surface area is 451 Å². The molecule has 0 fully saturated rings. The van der Waals surface area contributed by atoms with Gasteiger partial charge in [0.25, 0.3) is 0 Å². The van der Waals surface area contributed by atoms with Crippen LogP contribution in [0.3, 0.4) is 0 Å². The van der Waals surface area contributed by atoms with Gasteiger partial charge in [-0.2, -0.15) is 25.3 Å². The predicted molar refractivity (Wildman–Crippen MR) is 290 cm³/mol. The van der Waals surface area contributed by atoms with E-state index in [0.29, 0.717) is 27.6 Å². The number of aromatic hydroxyl groups is 1. The SMILES string of the molecule is CC(C)[C@H](NC(=O)[C@H](CS)NC(=O)[C@H](Cc1ccc(O)cc1)NC(=O)[C@H](CCCN)NC(=O)[C@](C)(Cc1c[nH]c2ccccc12)NC(=O)[C@H](Cc1ccccc1)NC(=O)[C@@H](NC(=O)[C@@H](N)CC(=O)O)C(C)(C)S)C(=O)O. The summed E-state index contributed by atoms with van der Waals surface area (Å²) >= 11 is 8.76. The zero-order valence-electron chi connectivity index (χ0n) is 42.9. The molecule has 24 heteroatoms. The summed E-state index contributed by atoms with van der Waals surface area (Å²) < 4.78 is -1.30. The van der Waals surface area contributed by atoms with E-state index in [1.807, 2.05) is 12.1 Å². The molecule has 15 N–H and O–H groups in total. The van der Waals surface area contributed by atoms with Crippen molar-refractivity contribution in [2.75, 3.05) is 12.3 Å². The van der Waals surface area contributed by atoms with Crippen molar-refractivity contribution in [1.82, 2.24) is 42.2 Å². The Morgan fingerprint density at radius 2 is 1.22 bits per heavy atom. The van der Waals surface area contributed by atoms with E-state index >= 15 is 4.79 Å². The number of fused-ring (bicyclic) bond motifs is 1. The van der Waals surface area contributed by atoms with E-state index in [4.69, 9.17) is 11.5 Å². The van der Waals surface area contributed by atoms with Gasteiger partial charge in [0.1, 0.15) is 47.5 Å². The van der Waals surface area contributed by atoms with Crippen LogP contribution in [0.25, 0.3) is 10.9 Å². The second-order valence-electron chi connectivity index (χ2n) is 19.6. The molecule has 8 atom stereocenters. The molecule has 0 bridgehead atoms. The van der Waals surface area contributed by atoms with E-state index in [-0.39, 0.29) is 50.2 Å². The van der Waals surface area contributed by atoms with Gasteiger partial charge in [0.05, 0.1) is 12.5 Å². The molecule has 0 aliphatic rings. The molecule has 0 spiro atoms. The van der Waals surface area contributed by atoms with Crippen molar-refractivity contribution in [2.24, 2.45) is 17.4 Å². The number of aromatic nitrogens is 1. The molecule has 0 unspecified atom stereocenters. The van der Waals surface area contributed by atoms with Crippen LogP contribution in [0, 0.1) is 5.92 Å². The first kappa shape index (κ1) is 61.4. The Morgan fingerprint density at radius 3 is 1.80 bits per heavy atom. The third-order valence-corrected chi connectivity index (χ3v) is 13.0. The summed E-state index contributed by atoms with van der Waals surface area (Å²) in [6.07, 6.45) is 0.544. The zero-order valence-corrected chi connectivity index (χ0v) is 44.7. The van der Waals surface area contributed by atoms with Gasteiger partial charge in [-0.1, -0.05) is 74.5 Å². The summed E-state index contributed by atoms with van der Waals surface area (Å²) in [5, 5.41) is 48.0. The first-order valence-electron chi connectivity index (χ1n) is 24.5. The van der Waals surface area contributed by atoms with Crippen LogP contribution in [0.5, 0.6) is 5.75 Å². The average Bonchev–Trinajstić information content (AvgIpc) is 3.76. The van der Waals surface area contributed by atoms with Crippen molar-refractivity contribution >= 4 is 89.4 Å². The fourth-order valence-electron chi connectivity index (χ4n) is 8.10. The fourth-order valence-corrected chi connectivity index (χ4v) is 8.54. The minimum Gasteiger partial charge on any atom is -0.508 e. The Morgan fingerprint density at radius 1 is 0.671 bits per heavy atom. The number of H-pyrrole nitrogens is 1. The normalized spacial score (nSPS) is 15.0. The fraction of sp³-hybridized carbons (Fsp3) is 0.442. The van der Waals surface area contributed by atoms with E-state index in [9.17, 15) is 53.7 Å². The maximum Gasteiger partial charge on any atom is 0.326 e. The monoisotopic (exact) mass is 1090 g/mol. The molecule has 412 valence electrons. The van der Waals surface area contributed by atoms with Crippen molar-refractivity contribution < 1.29 is 58.5 Å². The number of carbonyl (C=O) groups excluding carboxylic acids is 7. The largest absolute Gasteiger partial charge is 0.508 e. The van der Waals surface area contributed by atoms with Gasteiger partial charge in [0.2, 0.25) is 41.4 Å². The number of thiol groups is 2. The van der Waals surface area contributed by atoms with Crippen LogP contribution in [-0.2, 0) is 62.4 Å². The molecule has 0 radical (unpaired) electrons. The number of hydrogen-bond acceptors (Lipinski definition) is 14. The zero-order chi connectivity index (χ0) is 56.5. The molecule has 1 aromatic heterocycles. The Hall–Kier alpha value is -7.15. The highest BCUT2D eigenvalue weighted by atomic mass is 32.1. The first-order valence-corrected chi connectivity index (χ1v) is 25.6. The molecule has 4 rings (SSSR count). The highest BCUT2D eigenvalue weighted by Gasteiger charge is 2.42. The minimum atomic E-state index is -1.93. The van der Waals surface area contributed by atoms with Crippen LogP contribution < -0.4 is 48.7 Å². The minimum absolute atomic E-state index is 0.0678. The van der Waals surface area contributed by atoms with Gasteiger partial charge in [-0.25, -0.2) is 4.79 Å². The molecule has 0 saturated heterocycles. The first-order chi connectivity index (χ1) is 35.8. The number of carboxylic acid groups (broad SMARTS) is 2. The number of aliphatic carboxylic acids is 2. The van der Waals surface area contributed by atoms with Gasteiger partial charge >= 0.3 is 11.9 Å². The number of carbonyl (C=O) groups is 9. The average molecular weight is 1090 g/mol. The second-order valence-corrected chi connectivity index (χ2v) is 21.1. The smallest absolute Gasteiger partial charge is 0.326 e. The maximum absolute atomic E-state index is 15.1. The third-order valence-electron chi connectivity index (χ3n) is 12.4. The summed E-state index contributed by atoms with van der Waals surface area (Å²) in [5.41, 5.74) is 12.2.